The number of hydrogen-bond donors (Lipinski definition) is 0. The standard InChI is InChI=1S/C40H29N3/c1-40(2)35-24-30(28-20-22-41-23-21-28)16-18-32(35)33-19-17-31(25-36(33)40)38-34-10-6-7-11-37(34)42-39(43-38)29-14-12-27(13-15-29)26-8-4-3-5-9-26/h3-25H,1-2H3. The highest BCUT2D eigenvalue weighted by atomic mass is 14.9. The van der Waals surface area contributed by atoms with E-state index in [1.165, 1.54) is 44.5 Å². The first-order chi connectivity index (χ1) is 21.1. The predicted molar refractivity (Wildman–Crippen MR) is 177 cm³/mol. The quantitative estimate of drug-likeness (QED) is 0.218. The highest BCUT2D eigenvalue weighted by Crippen LogP contribution is 2.50. The molecule has 8 rings (SSSR count). The lowest BCUT2D eigenvalue weighted by atomic mass is 9.81. The molecule has 1 aliphatic carbocycles. The Labute approximate surface area is 251 Å². The van der Waals surface area contributed by atoms with Crippen molar-refractivity contribution in [2.24, 2.45) is 0 Å². The summed E-state index contributed by atoms with van der Waals surface area (Å²) >= 11 is 0. The van der Waals surface area contributed by atoms with E-state index in [9.17, 15) is 0 Å². The van der Waals surface area contributed by atoms with E-state index >= 15 is 0 Å². The van der Waals surface area contributed by atoms with E-state index in [1.54, 1.807) is 0 Å². The second-order valence-electron chi connectivity index (χ2n) is 11.7. The zero-order chi connectivity index (χ0) is 29.0. The third kappa shape index (κ3) is 4.24. The molecule has 0 atom stereocenters. The molecule has 7 aromatic rings. The number of hydrogen-bond acceptors (Lipinski definition) is 3. The van der Waals surface area contributed by atoms with Gasteiger partial charge in [0.25, 0.3) is 0 Å². The first-order valence-corrected chi connectivity index (χ1v) is 14.7. The van der Waals surface area contributed by atoms with Gasteiger partial charge in [-0.3, -0.25) is 4.98 Å². The van der Waals surface area contributed by atoms with Crippen molar-refractivity contribution in [3.8, 4) is 56.0 Å². The van der Waals surface area contributed by atoms with Crippen LogP contribution in [0.5, 0.6) is 0 Å². The van der Waals surface area contributed by atoms with Crippen LogP contribution < -0.4 is 0 Å². The molecule has 2 aromatic heterocycles. The lowest BCUT2D eigenvalue weighted by Gasteiger charge is -2.22. The molecule has 0 aliphatic heterocycles. The van der Waals surface area contributed by atoms with E-state index in [0.29, 0.717) is 0 Å². The van der Waals surface area contributed by atoms with Crippen LogP contribution in [0.1, 0.15) is 25.0 Å². The Morgan fingerprint density at radius 2 is 1.02 bits per heavy atom. The maximum Gasteiger partial charge on any atom is 0.160 e. The summed E-state index contributed by atoms with van der Waals surface area (Å²) < 4.78 is 0. The fraction of sp³-hybridized carbons (Fsp3) is 0.0750. The minimum absolute atomic E-state index is 0.150. The Kier molecular flexibility index (Phi) is 5.80. The molecule has 1 aliphatic rings. The molecule has 0 saturated carbocycles. The molecule has 0 amide bonds. The maximum absolute atomic E-state index is 5.20. The van der Waals surface area contributed by atoms with Gasteiger partial charge in [-0.25, -0.2) is 9.97 Å². The molecule has 43 heavy (non-hydrogen) atoms. The van der Waals surface area contributed by atoms with Gasteiger partial charge in [-0.05, 0) is 74.8 Å². The van der Waals surface area contributed by atoms with E-state index in [-0.39, 0.29) is 5.41 Å². The van der Waals surface area contributed by atoms with E-state index in [4.69, 9.17) is 9.97 Å². The number of fused-ring (bicyclic) bond motifs is 4. The van der Waals surface area contributed by atoms with Gasteiger partial charge >= 0.3 is 0 Å². The summed E-state index contributed by atoms with van der Waals surface area (Å²) in [4.78, 5) is 14.4. The summed E-state index contributed by atoms with van der Waals surface area (Å²) in [5.41, 5.74) is 13.9. The number of benzene rings is 5. The Bertz CT molecular complexity index is 2130. The number of para-hydroxylation sites is 1. The van der Waals surface area contributed by atoms with Crippen LogP contribution >= 0.6 is 0 Å². The summed E-state index contributed by atoms with van der Waals surface area (Å²) in [5, 5.41) is 1.06. The lowest BCUT2D eigenvalue weighted by molar-refractivity contribution is 0.661. The normalized spacial score (nSPS) is 13.1. The maximum atomic E-state index is 5.20. The summed E-state index contributed by atoms with van der Waals surface area (Å²) in [6, 6.07) is 45.1. The van der Waals surface area contributed by atoms with Crippen LogP contribution in [0.2, 0.25) is 0 Å². The van der Waals surface area contributed by atoms with Crippen LogP contribution in [-0.4, -0.2) is 15.0 Å². The van der Waals surface area contributed by atoms with Crippen LogP contribution in [0.15, 0.2) is 140 Å². The van der Waals surface area contributed by atoms with Gasteiger partial charge < -0.3 is 0 Å². The molecule has 0 saturated heterocycles. The monoisotopic (exact) mass is 551 g/mol. The average molecular weight is 552 g/mol. The third-order valence-electron chi connectivity index (χ3n) is 8.82. The van der Waals surface area contributed by atoms with Crippen molar-refractivity contribution in [2.45, 2.75) is 19.3 Å². The van der Waals surface area contributed by atoms with Crippen molar-refractivity contribution in [1.29, 1.82) is 0 Å². The van der Waals surface area contributed by atoms with E-state index in [2.05, 4.69) is 134 Å². The third-order valence-corrected chi connectivity index (χ3v) is 8.82. The molecule has 0 unspecified atom stereocenters. The van der Waals surface area contributed by atoms with Crippen molar-refractivity contribution in [1.82, 2.24) is 15.0 Å². The SMILES string of the molecule is CC1(C)c2cc(-c3ccncc3)ccc2-c2ccc(-c3nc(-c4ccc(-c5ccccc5)cc4)nc4ccccc34)cc21. The average Bonchev–Trinajstić information content (AvgIpc) is 3.30. The predicted octanol–water partition coefficient (Wildman–Crippen LogP) is 10.00. The first kappa shape index (κ1) is 25.3. The van der Waals surface area contributed by atoms with E-state index in [0.717, 1.165) is 33.5 Å². The molecule has 0 bridgehead atoms. The van der Waals surface area contributed by atoms with Gasteiger partial charge in [0.1, 0.15) is 0 Å². The van der Waals surface area contributed by atoms with Gasteiger partial charge in [-0.15, -0.1) is 0 Å². The number of nitrogens with zero attached hydrogens (tertiary/aromatic N) is 3. The van der Waals surface area contributed by atoms with E-state index in [1.807, 2.05) is 24.5 Å². The molecule has 2 heterocycles. The number of aromatic nitrogens is 3. The minimum atomic E-state index is -0.150. The summed E-state index contributed by atoms with van der Waals surface area (Å²) in [7, 11) is 0. The number of rotatable bonds is 4. The van der Waals surface area contributed by atoms with Crippen molar-refractivity contribution in [2.75, 3.05) is 0 Å². The zero-order valence-electron chi connectivity index (χ0n) is 24.1. The highest BCUT2D eigenvalue weighted by molar-refractivity contribution is 5.95. The molecule has 0 radical (unpaired) electrons. The molecule has 204 valence electrons. The van der Waals surface area contributed by atoms with Gasteiger partial charge in [-0.1, -0.05) is 111 Å². The molecule has 3 nitrogen and oxygen atoms in total. The Hall–Kier alpha value is -5.41. The molecule has 0 N–H and O–H groups in total. The molecular formula is C40H29N3. The molecule has 0 fully saturated rings. The van der Waals surface area contributed by atoms with Crippen molar-refractivity contribution in [3.05, 3.63) is 151 Å². The Morgan fingerprint density at radius 3 is 1.77 bits per heavy atom. The molecular weight excluding hydrogens is 522 g/mol. The fourth-order valence-corrected chi connectivity index (χ4v) is 6.48. The minimum Gasteiger partial charge on any atom is -0.265 e. The summed E-state index contributed by atoms with van der Waals surface area (Å²) in [6.07, 6.45) is 3.71. The topological polar surface area (TPSA) is 38.7 Å². The smallest absolute Gasteiger partial charge is 0.160 e. The van der Waals surface area contributed by atoms with Gasteiger partial charge in [-0.2, -0.15) is 0 Å². The molecule has 3 heteroatoms. The summed E-state index contributed by atoms with van der Waals surface area (Å²) in [6.45, 7) is 4.66. The van der Waals surface area contributed by atoms with Crippen molar-refractivity contribution < 1.29 is 0 Å². The van der Waals surface area contributed by atoms with Crippen LogP contribution in [-0.2, 0) is 5.41 Å². The molecule has 0 spiro atoms. The summed E-state index contributed by atoms with van der Waals surface area (Å²) in [5.74, 6) is 0.735. The van der Waals surface area contributed by atoms with Gasteiger partial charge in [0.15, 0.2) is 5.82 Å². The van der Waals surface area contributed by atoms with Crippen LogP contribution in [0.3, 0.4) is 0 Å². The van der Waals surface area contributed by atoms with Crippen molar-refractivity contribution in [3.63, 3.8) is 0 Å². The Balaban J connectivity index is 1.23. The zero-order valence-corrected chi connectivity index (χ0v) is 24.1. The van der Waals surface area contributed by atoms with Crippen molar-refractivity contribution >= 4 is 10.9 Å². The lowest BCUT2D eigenvalue weighted by Crippen LogP contribution is -2.15. The second-order valence-corrected chi connectivity index (χ2v) is 11.7. The van der Waals surface area contributed by atoms with Crippen LogP contribution in [0, 0.1) is 0 Å². The van der Waals surface area contributed by atoms with Gasteiger partial charge in [0.05, 0.1) is 11.2 Å². The number of pyridine rings is 1. The van der Waals surface area contributed by atoms with Crippen LogP contribution in [0.25, 0.3) is 66.9 Å². The first-order valence-electron chi connectivity index (χ1n) is 14.7. The van der Waals surface area contributed by atoms with Crippen LogP contribution in [0.4, 0.5) is 0 Å². The van der Waals surface area contributed by atoms with Gasteiger partial charge in [0.2, 0.25) is 0 Å². The van der Waals surface area contributed by atoms with E-state index < -0.39 is 0 Å². The largest absolute Gasteiger partial charge is 0.265 e. The highest BCUT2D eigenvalue weighted by Gasteiger charge is 2.36. The Morgan fingerprint density at radius 1 is 0.465 bits per heavy atom. The molecule has 5 aromatic carbocycles. The fourth-order valence-electron chi connectivity index (χ4n) is 6.48. The second kappa shape index (κ2) is 9.85. The van der Waals surface area contributed by atoms with Gasteiger partial charge in [0, 0.05) is 34.3 Å².